The number of nitriles is 1. The Kier molecular flexibility index (Phi) is 7.39. The summed E-state index contributed by atoms with van der Waals surface area (Å²) in [6.45, 7) is 1.97. The number of rotatable bonds is 4. The van der Waals surface area contributed by atoms with Gasteiger partial charge in [0.25, 0.3) is 5.91 Å². The number of nitrogen functional groups attached to an aromatic ring is 1. The maximum atomic E-state index is 13.7. The van der Waals surface area contributed by atoms with Gasteiger partial charge in [0.2, 0.25) is 0 Å². The number of benzene rings is 2. The van der Waals surface area contributed by atoms with Crippen molar-refractivity contribution < 1.29 is 13.6 Å². The predicted molar refractivity (Wildman–Crippen MR) is 117 cm³/mol. The maximum absolute atomic E-state index is 13.7. The van der Waals surface area contributed by atoms with Gasteiger partial charge in [-0.15, -0.1) is 0 Å². The highest BCUT2D eigenvalue weighted by atomic mass is 19.1. The molecule has 1 aliphatic heterocycles. The largest absolute Gasteiger partial charge is 0.382 e. The highest BCUT2D eigenvalue weighted by Gasteiger charge is 2.17. The number of hydrogen-bond acceptors (Lipinski definition) is 5. The minimum atomic E-state index is -0.672. The zero-order valence-corrected chi connectivity index (χ0v) is 17.4. The van der Waals surface area contributed by atoms with Gasteiger partial charge in [0.1, 0.15) is 17.2 Å². The van der Waals surface area contributed by atoms with E-state index in [1.165, 1.54) is 31.4 Å². The van der Waals surface area contributed by atoms with Gasteiger partial charge in [-0.3, -0.25) is 9.89 Å². The number of primary amides is 1. The number of amides is 1. The number of carbonyl (C=O) groups excluding carboxylic acids is 1. The normalized spacial score (nSPS) is 13.1. The Hall–Kier alpha value is -3.93. The fraction of sp³-hybridized carbons (Fsp3) is 0.261. The molecular weight excluding hydrogens is 414 g/mol. The van der Waals surface area contributed by atoms with Crippen LogP contribution in [0.5, 0.6) is 0 Å². The third-order valence-electron chi connectivity index (χ3n) is 5.19. The average molecular weight is 438 g/mol. The van der Waals surface area contributed by atoms with E-state index in [2.05, 4.69) is 16.4 Å². The molecule has 9 heteroatoms. The fourth-order valence-electron chi connectivity index (χ4n) is 3.48. The monoisotopic (exact) mass is 438 g/mol. The van der Waals surface area contributed by atoms with Crippen molar-refractivity contribution in [3.8, 4) is 17.5 Å². The van der Waals surface area contributed by atoms with Crippen LogP contribution in [0.15, 0.2) is 42.5 Å². The Bertz CT molecular complexity index is 1110. The highest BCUT2D eigenvalue weighted by molar-refractivity contribution is 6.03. The maximum Gasteiger partial charge on any atom is 0.254 e. The molecule has 1 aliphatic rings. The molecule has 0 spiro atoms. The summed E-state index contributed by atoms with van der Waals surface area (Å²) in [4.78, 5) is 13.3. The van der Waals surface area contributed by atoms with Crippen LogP contribution < -0.4 is 11.5 Å². The number of nitrogens with one attached hydrogen (secondary N) is 1. The summed E-state index contributed by atoms with van der Waals surface area (Å²) < 4.78 is 26.6. The Labute approximate surface area is 184 Å². The molecule has 1 fully saturated rings. The van der Waals surface area contributed by atoms with Crippen molar-refractivity contribution in [3.63, 3.8) is 0 Å². The van der Waals surface area contributed by atoms with Gasteiger partial charge >= 0.3 is 0 Å². The summed E-state index contributed by atoms with van der Waals surface area (Å²) in [6, 6.07) is 10.5. The predicted octanol–water partition coefficient (Wildman–Crippen LogP) is 3.58. The van der Waals surface area contributed by atoms with Crippen molar-refractivity contribution in [3.05, 3.63) is 70.8 Å². The van der Waals surface area contributed by atoms with Crippen LogP contribution in [-0.4, -0.2) is 34.1 Å². The molecule has 5 N–H and O–H groups in total. The van der Waals surface area contributed by atoms with Crippen LogP contribution in [0.4, 0.5) is 14.6 Å². The number of anilines is 1. The standard InChI is InChI=1S/C17H14F2N4O.C6H10N2/c18-12-6-5-11(13(19)8-12)7-9-1-3-10(4-2-9)15-14(17(21)24)16(20)23-22-15;7-6-8-4-2-1-3-5-8/h1-6,8H,7H2,(H2,21,24)(H3,20,22,23);1-5H2. The topological polar surface area (TPSA) is 125 Å². The number of aromatic amines is 1. The lowest BCUT2D eigenvalue weighted by atomic mass is 10.0. The van der Waals surface area contributed by atoms with Crippen molar-refractivity contribution >= 4 is 11.7 Å². The van der Waals surface area contributed by atoms with E-state index < -0.39 is 17.5 Å². The first-order valence-corrected chi connectivity index (χ1v) is 10.2. The number of aromatic nitrogens is 2. The zero-order chi connectivity index (χ0) is 23.1. The quantitative estimate of drug-likeness (QED) is 0.537. The summed E-state index contributed by atoms with van der Waals surface area (Å²) in [6.07, 6.45) is 6.16. The van der Waals surface area contributed by atoms with Crippen molar-refractivity contribution in [2.24, 2.45) is 5.73 Å². The first-order valence-electron chi connectivity index (χ1n) is 10.2. The number of H-pyrrole nitrogens is 1. The van der Waals surface area contributed by atoms with Crippen LogP contribution >= 0.6 is 0 Å². The molecule has 0 unspecified atom stereocenters. The molecule has 32 heavy (non-hydrogen) atoms. The molecule has 1 amide bonds. The van der Waals surface area contributed by atoms with E-state index in [4.69, 9.17) is 16.7 Å². The second kappa shape index (κ2) is 10.4. The molecule has 0 bridgehead atoms. The van der Waals surface area contributed by atoms with Gasteiger partial charge in [0, 0.05) is 31.1 Å². The summed E-state index contributed by atoms with van der Waals surface area (Å²) in [5.41, 5.74) is 13.4. The molecule has 3 aromatic rings. The van der Waals surface area contributed by atoms with Crippen LogP contribution in [0, 0.1) is 23.1 Å². The number of nitrogens with zero attached hydrogens (tertiary/aromatic N) is 3. The number of nitrogens with two attached hydrogens (primary N) is 2. The van der Waals surface area contributed by atoms with E-state index in [9.17, 15) is 13.6 Å². The molecule has 166 valence electrons. The van der Waals surface area contributed by atoms with E-state index in [1.54, 1.807) is 24.3 Å². The Morgan fingerprint density at radius 2 is 1.81 bits per heavy atom. The number of piperidine rings is 1. The lowest BCUT2D eigenvalue weighted by Gasteiger charge is -2.19. The molecule has 1 aromatic heterocycles. The number of carbonyl (C=O) groups is 1. The fourth-order valence-corrected chi connectivity index (χ4v) is 3.48. The SMILES string of the molecule is N#CN1CCCCC1.NC(=O)c1c(N)n[nH]c1-c1ccc(Cc2ccc(F)cc2F)cc1. The number of likely N-dealkylation sites (tertiary alicyclic amines) is 1. The Morgan fingerprint density at radius 3 is 2.38 bits per heavy atom. The second-order valence-corrected chi connectivity index (χ2v) is 7.48. The molecule has 0 radical (unpaired) electrons. The molecule has 2 heterocycles. The molecule has 4 rings (SSSR count). The smallest absolute Gasteiger partial charge is 0.254 e. The molecule has 7 nitrogen and oxygen atoms in total. The number of hydrogen-bond donors (Lipinski definition) is 3. The van der Waals surface area contributed by atoms with Gasteiger partial charge in [-0.25, -0.2) is 8.78 Å². The van der Waals surface area contributed by atoms with E-state index >= 15 is 0 Å². The summed E-state index contributed by atoms with van der Waals surface area (Å²) in [5, 5.41) is 14.8. The van der Waals surface area contributed by atoms with Crippen LogP contribution in [0.1, 0.15) is 40.7 Å². The van der Waals surface area contributed by atoms with E-state index in [1.807, 2.05) is 4.90 Å². The second-order valence-electron chi connectivity index (χ2n) is 7.48. The van der Waals surface area contributed by atoms with Crippen molar-refractivity contribution in [2.75, 3.05) is 18.8 Å². The minimum absolute atomic E-state index is 0.0370. The first-order chi connectivity index (χ1) is 15.4. The van der Waals surface area contributed by atoms with Crippen LogP contribution in [0.25, 0.3) is 11.3 Å². The molecule has 0 aliphatic carbocycles. The Balaban J connectivity index is 0.000000305. The van der Waals surface area contributed by atoms with E-state index in [-0.39, 0.29) is 11.4 Å². The van der Waals surface area contributed by atoms with Crippen LogP contribution in [0.3, 0.4) is 0 Å². The van der Waals surface area contributed by atoms with Gasteiger partial charge in [0.15, 0.2) is 12.0 Å². The molecule has 0 saturated carbocycles. The summed E-state index contributed by atoms with van der Waals surface area (Å²) in [5.74, 6) is -1.83. The third kappa shape index (κ3) is 5.60. The average Bonchev–Trinajstić information content (AvgIpc) is 3.19. The lowest BCUT2D eigenvalue weighted by molar-refractivity contribution is 0.100. The van der Waals surface area contributed by atoms with E-state index in [0.29, 0.717) is 23.2 Å². The summed E-state index contributed by atoms with van der Waals surface area (Å²) >= 11 is 0. The molecular formula is C23H24F2N6O. The van der Waals surface area contributed by atoms with Gasteiger partial charge in [-0.1, -0.05) is 30.3 Å². The van der Waals surface area contributed by atoms with Gasteiger partial charge in [-0.05, 0) is 36.5 Å². The van der Waals surface area contributed by atoms with Gasteiger partial charge in [0.05, 0.1) is 5.69 Å². The van der Waals surface area contributed by atoms with Gasteiger partial charge in [-0.2, -0.15) is 10.4 Å². The zero-order valence-electron chi connectivity index (χ0n) is 17.4. The highest BCUT2D eigenvalue weighted by Crippen LogP contribution is 2.26. The molecule has 1 saturated heterocycles. The number of halogens is 2. The molecule has 0 atom stereocenters. The van der Waals surface area contributed by atoms with Crippen LogP contribution in [0.2, 0.25) is 0 Å². The minimum Gasteiger partial charge on any atom is -0.382 e. The molecule has 2 aromatic carbocycles. The van der Waals surface area contributed by atoms with Crippen molar-refractivity contribution in [2.45, 2.75) is 25.7 Å². The first kappa shape index (κ1) is 22.7. The lowest BCUT2D eigenvalue weighted by Crippen LogP contribution is -2.24. The van der Waals surface area contributed by atoms with Crippen LogP contribution in [-0.2, 0) is 6.42 Å². The van der Waals surface area contributed by atoms with E-state index in [0.717, 1.165) is 24.7 Å². The van der Waals surface area contributed by atoms with Crippen molar-refractivity contribution in [1.29, 1.82) is 5.26 Å². The van der Waals surface area contributed by atoms with Gasteiger partial charge < -0.3 is 16.4 Å². The summed E-state index contributed by atoms with van der Waals surface area (Å²) in [7, 11) is 0. The third-order valence-corrected chi connectivity index (χ3v) is 5.19. The Morgan fingerprint density at radius 1 is 1.12 bits per heavy atom. The van der Waals surface area contributed by atoms with Crippen molar-refractivity contribution in [1.82, 2.24) is 15.1 Å².